The van der Waals surface area contributed by atoms with Crippen molar-refractivity contribution in [2.45, 2.75) is 63.7 Å². The van der Waals surface area contributed by atoms with Crippen molar-refractivity contribution >= 4 is 45.0 Å². The van der Waals surface area contributed by atoms with Gasteiger partial charge in [0.2, 0.25) is 15.9 Å². The average molecular weight is 743 g/mol. The minimum Gasteiger partial charge on any atom is -0.411 e. The number of rotatable bonds is 16. The molecule has 3 atom stereocenters. The highest BCUT2D eigenvalue weighted by atomic mass is 32.2. The predicted octanol–water partition coefficient (Wildman–Crippen LogP) is 4.27. The number of carbonyl (C=O) groups is 3. The second kappa shape index (κ2) is 17.1. The fourth-order valence-corrected chi connectivity index (χ4v) is 8.20. The fourth-order valence-electron chi connectivity index (χ4n) is 6.58. The Morgan fingerprint density at radius 2 is 1.64 bits per heavy atom. The number of hydrogen-bond donors (Lipinski definition) is 3. The molecule has 3 N–H and O–H groups in total. The summed E-state index contributed by atoms with van der Waals surface area (Å²) in [5.74, 6) is -1.53. The molecule has 0 aliphatic carbocycles. The predicted molar refractivity (Wildman–Crippen MR) is 201 cm³/mol. The number of amides is 4. The third kappa shape index (κ3) is 9.25. The molecule has 1 fully saturated rings. The van der Waals surface area contributed by atoms with E-state index in [0.29, 0.717) is 5.56 Å². The van der Waals surface area contributed by atoms with Gasteiger partial charge >= 0.3 is 6.03 Å². The Kier molecular flexibility index (Phi) is 12.6. The highest BCUT2D eigenvalue weighted by molar-refractivity contribution is 7.89. The van der Waals surface area contributed by atoms with Crippen molar-refractivity contribution in [1.29, 1.82) is 0 Å². The molecule has 0 spiro atoms. The summed E-state index contributed by atoms with van der Waals surface area (Å²) in [5, 5.41) is 27.4. The van der Waals surface area contributed by atoms with E-state index in [1.807, 2.05) is 68.4 Å². The molecule has 53 heavy (non-hydrogen) atoms. The molecule has 3 aromatic carbocycles. The molecular formula is C39H46N6O7S. The summed E-state index contributed by atoms with van der Waals surface area (Å²) in [6, 6.07) is 21.6. The Morgan fingerprint density at radius 1 is 0.962 bits per heavy atom. The van der Waals surface area contributed by atoms with Crippen molar-refractivity contribution in [1.82, 2.24) is 24.4 Å². The maximum absolute atomic E-state index is 14.2. The van der Waals surface area contributed by atoms with Gasteiger partial charge in [-0.3, -0.25) is 19.5 Å². The number of aromatic nitrogens is 1. The number of hydrogen-bond acceptors (Lipinski definition) is 9. The van der Waals surface area contributed by atoms with Crippen LogP contribution >= 0.6 is 0 Å². The maximum atomic E-state index is 14.2. The summed E-state index contributed by atoms with van der Waals surface area (Å²) in [6.45, 7) is 6.74. The standard InChI is InChI=1S/C39H46N6O7S/c1-26(2)22-43(53(51,52)31-16-14-29(15-17-31)21-41-50)24-35(46)34(20-28-10-6-5-7-11-28)42-38(48)37(27(3)4)45-25-36(47)44(39(45)49)23-30-18-19-40-33-13-9-8-12-32(30)33/h5-19,21,26-27,34-35,37,46,50H,20,22-25H2,1-4H3,(H,42,48)/b41-21+/t34-,35+,37?/m0/s1. The van der Waals surface area contributed by atoms with Gasteiger partial charge in [-0.2, -0.15) is 4.31 Å². The van der Waals surface area contributed by atoms with E-state index < -0.39 is 52.0 Å². The summed E-state index contributed by atoms with van der Waals surface area (Å²) in [4.78, 5) is 48.2. The van der Waals surface area contributed by atoms with Gasteiger partial charge in [0.15, 0.2) is 0 Å². The molecule has 4 amide bonds. The first-order valence-electron chi connectivity index (χ1n) is 17.5. The van der Waals surface area contributed by atoms with E-state index in [1.165, 1.54) is 39.7 Å². The number of nitrogens with zero attached hydrogens (tertiary/aromatic N) is 5. The fraction of sp³-hybridized carbons (Fsp3) is 0.359. The molecule has 280 valence electrons. The van der Waals surface area contributed by atoms with Crippen LogP contribution in [0.15, 0.2) is 101 Å². The Labute approximate surface area is 310 Å². The molecule has 0 radical (unpaired) electrons. The Bertz CT molecular complexity index is 2040. The van der Waals surface area contributed by atoms with Crippen LogP contribution in [0.4, 0.5) is 4.79 Å². The van der Waals surface area contributed by atoms with E-state index in [4.69, 9.17) is 5.21 Å². The van der Waals surface area contributed by atoms with Gasteiger partial charge in [0.25, 0.3) is 5.91 Å². The molecule has 1 aromatic heterocycles. The lowest BCUT2D eigenvalue weighted by atomic mass is 9.97. The molecular weight excluding hydrogens is 697 g/mol. The van der Waals surface area contributed by atoms with Gasteiger partial charge in [-0.25, -0.2) is 13.2 Å². The normalized spacial score (nSPS) is 15.6. The summed E-state index contributed by atoms with van der Waals surface area (Å²) in [6.07, 6.45) is 1.60. The van der Waals surface area contributed by atoms with Gasteiger partial charge in [-0.15, -0.1) is 0 Å². The quantitative estimate of drug-likeness (QED) is 0.0661. The summed E-state index contributed by atoms with van der Waals surface area (Å²) < 4.78 is 29.0. The number of benzene rings is 3. The van der Waals surface area contributed by atoms with Gasteiger partial charge in [0.05, 0.1) is 35.3 Å². The van der Waals surface area contributed by atoms with Crippen LogP contribution in [0.3, 0.4) is 0 Å². The topological polar surface area (TPSA) is 173 Å². The molecule has 5 rings (SSSR count). The number of fused-ring (bicyclic) bond motifs is 1. The monoisotopic (exact) mass is 742 g/mol. The molecule has 14 heteroatoms. The van der Waals surface area contributed by atoms with Crippen LogP contribution in [0.2, 0.25) is 0 Å². The van der Waals surface area contributed by atoms with Crippen LogP contribution in [-0.4, -0.2) is 99.7 Å². The maximum Gasteiger partial charge on any atom is 0.328 e. The Hall–Kier alpha value is -5.18. The van der Waals surface area contributed by atoms with Crippen LogP contribution in [-0.2, 0) is 32.6 Å². The molecule has 1 aliphatic heterocycles. The van der Waals surface area contributed by atoms with Gasteiger partial charge < -0.3 is 20.5 Å². The summed E-state index contributed by atoms with van der Waals surface area (Å²) in [7, 11) is -4.11. The Morgan fingerprint density at radius 3 is 2.30 bits per heavy atom. The van der Waals surface area contributed by atoms with Crippen molar-refractivity contribution < 1.29 is 33.1 Å². The summed E-state index contributed by atoms with van der Waals surface area (Å²) in [5.41, 5.74) is 2.76. The van der Waals surface area contributed by atoms with Crippen LogP contribution in [0.25, 0.3) is 10.9 Å². The lowest BCUT2D eigenvalue weighted by molar-refractivity contribution is -0.129. The first-order valence-corrected chi connectivity index (χ1v) is 19.0. The third-order valence-electron chi connectivity index (χ3n) is 9.16. The van der Waals surface area contributed by atoms with E-state index >= 15 is 0 Å². The number of aliphatic hydroxyl groups excluding tert-OH is 1. The van der Waals surface area contributed by atoms with Crippen molar-refractivity contribution in [3.8, 4) is 0 Å². The van der Waals surface area contributed by atoms with Gasteiger partial charge in [-0.05, 0) is 59.2 Å². The van der Waals surface area contributed by atoms with E-state index in [0.717, 1.165) is 26.9 Å². The molecule has 4 aromatic rings. The van der Waals surface area contributed by atoms with Crippen molar-refractivity contribution in [2.75, 3.05) is 19.6 Å². The molecule has 1 unspecified atom stereocenters. The van der Waals surface area contributed by atoms with Gasteiger partial charge in [0, 0.05) is 24.7 Å². The zero-order valence-electron chi connectivity index (χ0n) is 30.2. The number of para-hydroxylation sites is 1. The Balaban J connectivity index is 1.39. The number of pyridine rings is 1. The van der Waals surface area contributed by atoms with Crippen LogP contribution in [0.5, 0.6) is 0 Å². The van der Waals surface area contributed by atoms with Gasteiger partial charge in [-0.1, -0.05) is 93.5 Å². The second-order valence-corrected chi connectivity index (χ2v) is 15.9. The zero-order chi connectivity index (χ0) is 38.3. The first-order chi connectivity index (χ1) is 25.3. The zero-order valence-corrected chi connectivity index (χ0v) is 31.1. The third-order valence-corrected chi connectivity index (χ3v) is 11.0. The molecule has 0 saturated carbocycles. The molecule has 13 nitrogen and oxygen atoms in total. The van der Waals surface area contributed by atoms with Crippen LogP contribution in [0, 0.1) is 11.8 Å². The molecule has 0 bridgehead atoms. The number of imide groups is 1. The van der Waals surface area contributed by atoms with Crippen molar-refractivity contribution in [3.05, 3.63) is 108 Å². The number of nitrogens with one attached hydrogen (secondary N) is 1. The van der Waals surface area contributed by atoms with Crippen molar-refractivity contribution in [3.63, 3.8) is 0 Å². The smallest absolute Gasteiger partial charge is 0.328 e. The van der Waals surface area contributed by atoms with E-state index in [1.54, 1.807) is 26.1 Å². The molecule has 1 saturated heterocycles. The number of aliphatic hydroxyl groups is 1. The highest BCUT2D eigenvalue weighted by Crippen LogP contribution is 2.25. The molecule has 2 heterocycles. The summed E-state index contributed by atoms with van der Waals surface area (Å²) >= 11 is 0. The highest BCUT2D eigenvalue weighted by Gasteiger charge is 2.44. The number of sulfonamides is 1. The second-order valence-electron chi connectivity index (χ2n) is 14.0. The first kappa shape index (κ1) is 39.0. The molecule has 1 aliphatic rings. The van der Waals surface area contributed by atoms with Crippen LogP contribution < -0.4 is 5.32 Å². The lowest BCUT2D eigenvalue weighted by Crippen LogP contribution is -2.57. The minimum absolute atomic E-state index is 0.00881. The lowest BCUT2D eigenvalue weighted by Gasteiger charge is -2.34. The minimum atomic E-state index is -4.11. The van der Waals surface area contributed by atoms with Crippen LogP contribution in [0.1, 0.15) is 44.4 Å². The van der Waals surface area contributed by atoms with E-state index in [9.17, 15) is 27.9 Å². The van der Waals surface area contributed by atoms with E-state index in [2.05, 4.69) is 15.5 Å². The number of urea groups is 1. The van der Waals surface area contributed by atoms with E-state index in [-0.39, 0.29) is 43.4 Å². The SMILES string of the molecule is CC(C)CN(C[C@@H](O)[C@H](Cc1ccccc1)NC(=O)C(C(C)C)N1CC(=O)N(Cc2ccnc3ccccc23)C1=O)S(=O)(=O)c1ccc(/C=N/O)cc1. The number of carbonyl (C=O) groups excluding carboxylic acids is 3. The number of oxime groups is 1. The van der Waals surface area contributed by atoms with Crippen molar-refractivity contribution in [2.24, 2.45) is 17.0 Å². The largest absolute Gasteiger partial charge is 0.411 e. The van der Waals surface area contributed by atoms with Gasteiger partial charge in [0.1, 0.15) is 12.6 Å². The average Bonchev–Trinajstić information content (AvgIpc) is 3.39.